The van der Waals surface area contributed by atoms with Gasteiger partial charge in [0.15, 0.2) is 0 Å². The van der Waals surface area contributed by atoms with Crippen LogP contribution < -0.4 is 11.1 Å². The highest BCUT2D eigenvalue weighted by Gasteiger charge is 2.27. The van der Waals surface area contributed by atoms with Crippen molar-refractivity contribution in [1.82, 2.24) is 20.3 Å². The van der Waals surface area contributed by atoms with Crippen LogP contribution in [0.4, 0.5) is 0 Å². The zero-order chi connectivity index (χ0) is 26.7. The van der Waals surface area contributed by atoms with Gasteiger partial charge in [0.25, 0.3) is 0 Å². The molecule has 1 fully saturated rings. The van der Waals surface area contributed by atoms with Gasteiger partial charge in [-0.2, -0.15) is 0 Å². The van der Waals surface area contributed by atoms with Crippen LogP contribution in [0.15, 0.2) is 6.20 Å². The minimum atomic E-state index is -0.305. The Morgan fingerprint density at radius 1 is 0.973 bits per heavy atom. The van der Waals surface area contributed by atoms with Crippen LogP contribution in [0.2, 0.25) is 0 Å². The Balaban J connectivity index is 1.54. The van der Waals surface area contributed by atoms with Gasteiger partial charge in [0.05, 0.1) is 5.69 Å². The molecule has 2 atom stereocenters. The molecule has 212 valence electrons. The normalized spacial score (nSPS) is 16.0. The van der Waals surface area contributed by atoms with E-state index in [-0.39, 0.29) is 17.9 Å². The van der Waals surface area contributed by atoms with Gasteiger partial charge in [-0.15, -0.1) is 5.10 Å². The number of unbranched alkanes of at least 4 members (excludes halogenated alkanes) is 9. The van der Waals surface area contributed by atoms with Gasteiger partial charge >= 0.3 is 0 Å². The van der Waals surface area contributed by atoms with Crippen molar-refractivity contribution in [2.75, 3.05) is 13.1 Å². The predicted octanol–water partition coefficient (Wildman–Crippen LogP) is 6.31. The number of ketones is 1. The number of aromatic nitrogens is 3. The van der Waals surface area contributed by atoms with E-state index >= 15 is 0 Å². The third kappa shape index (κ3) is 12.6. The van der Waals surface area contributed by atoms with E-state index in [0.29, 0.717) is 11.7 Å². The van der Waals surface area contributed by atoms with Crippen LogP contribution in [-0.4, -0.2) is 39.8 Å². The van der Waals surface area contributed by atoms with Gasteiger partial charge < -0.3 is 11.1 Å². The van der Waals surface area contributed by atoms with E-state index in [1.165, 1.54) is 51.4 Å². The standard InChI is InChI=1S/C30H55N5O2/c1-3-25(2)29(35-24-27(33-34-35)20-14-11-16-22-31)30(37)32-23-17-9-7-5-4-6-8-15-21-28(36)26-18-12-10-13-19-26/h24-26,29H,3-23,31H2,1-2H3,(H,32,37)/t25-,29-/m0/s1. The second kappa shape index (κ2) is 19.3. The summed E-state index contributed by atoms with van der Waals surface area (Å²) in [5.74, 6) is 1.15. The fraction of sp³-hybridized carbons (Fsp3) is 0.867. The number of Topliss-reactive ketones (excluding diaryl/α,β-unsaturated/α-hetero) is 1. The largest absolute Gasteiger partial charge is 0.354 e. The summed E-state index contributed by atoms with van der Waals surface area (Å²) < 4.78 is 1.77. The van der Waals surface area contributed by atoms with Crippen molar-refractivity contribution in [2.45, 2.75) is 142 Å². The van der Waals surface area contributed by atoms with Crippen LogP contribution in [0, 0.1) is 11.8 Å². The van der Waals surface area contributed by atoms with E-state index in [0.717, 1.165) is 89.4 Å². The lowest BCUT2D eigenvalue weighted by Gasteiger charge is -2.22. The minimum Gasteiger partial charge on any atom is -0.354 e. The Hall–Kier alpha value is -1.76. The highest BCUT2D eigenvalue weighted by molar-refractivity contribution is 5.81. The second-order valence-electron chi connectivity index (χ2n) is 11.3. The highest BCUT2D eigenvalue weighted by Crippen LogP contribution is 2.26. The number of carbonyl (C=O) groups excluding carboxylic acids is 2. The molecule has 0 radical (unpaired) electrons. The van der Waals surface area contributed by atoms with E-state index in [1.807, 2.05) is 6.20 Å². The molecule has 37 heavy (non-hydrogen) atoms. The molecule has 1 aliphatic carbocycles. The lowest BCUT2D eigenvalue weighted by atomic mass is 9.84. The average Bonchev–Trinajstić information content (AvgIpc) is 3.38. The summed E-state index contributed by atoms with van der Waals surface area (Å²) in [6.45, 7) is 5.67. The molecule has 7 nitrogen and oxygen atoms in total. The van der Waals surface area contributed by atoms with Crippen LogP contribution in [0.25, 0.3) is 0 Å². The van der Waals surface area contributed by atoms with Gasteiger partial charge in [0, 0.05) is 25.1 Å². The Kier molecular flexibility index (Phi) is 16.4. The maximum Gasteiger partial charge on any atom is 0.245 e. The van der Waals surface area contributed by atoms with Crippen molar-refractivity contribution >= 4 is 11.7 Å². The molecule has 0 spiro atoms. The molecule has 1 aromatic heterocycles. The Morgan fingerprint density at radius 3 is 2.30 bits per heavy atom. The molecule has 1 amide bonds. The molecule has 0 aromatic carbocycles. The SMILES string of the molecule is CC[C@H](C)[C@@H](C(=O)NCCCCCCCCCCC(=O)C1CCCCC1)n1cc(CCCCCN)nn1. The molecule has 1 saturated carbocycles. The van der Waals surface area contributed by atoms with E-state index in [1.54, 1.807) is 4.68 Å². The van der Waals surface area contributed by atoms with Gasteiger partial charge in [-0.1, -0.05) is 89.7 Å². The predicted molar refractivity (Wildman–Crippen MR) is 151 cm³/mol. The lowest BCUT2D eigenvalue weighted by Crippen LogP contribution is -2.37. The molecule has 0 bridgehead atoms. The number of nitrogens with one attached hydrogen (secondary N) is 1. The molecule has 1 aromatic rings. The quantitative estimate of drug-likeness (QED) is 0.186. The fourth-order valence-corrected chi connectivity index (χ4v) is 5.48. The van der Waals surface area contributed by atoms with E-state index < -0.39 is 0 Å². The van der Waals surface area contributed by atoms with Gasteiger partial charge in [-0.3, -0.25) is 9.59 Å². The van der Waals surface area contributed by atoms with Crippen LogP contribution in [0.5, 0.6) is 0 Å². The molecule has 0 unspecified atom stereocenters. The van der Waals surface area contributed by atoms with Crippen molar-refractivity contribution in [3.63, 3.8) is 0 Å². The highest BCUT2D eigenvalue weighted by atomic mass is 16.2. The zero-order valence-corrected chi connectivity index (χ0v) is 23.9. The number of nitrogens with two attached hydrogens (primary N) is 1. The van der Waals surface area contributed by atoms with Crippen molar-refractivity contribution < 1.29 is 9.59 Å². The van der Waals surface area contributed by atoms with Crippen LogP contribution in [0.3, 0.4) is 0 Å². The first kappa shape index (κ1) is 31.5. The van der Waals surface area contributed by atoms with Crippen molar-refractivity contribution in [2.24, 2.45) is 17.6 Å². The Labute approximate surface area is 226 Å². The van der Waals surface area contributed by atoms with E-state index in [4.69, 9.17) is 5.73 Å². The zero-order valence-electron chi connectivity index (χ0n) is 23.9. The number of rotatable bonds is 21. The van der Waals surface area contributed by atoms with Crippen LogP contribution in [0.1, 0.15) is 141 Å². The van der Waals surface area contributed by atoms with Gasteiger partial charge in [0.1, 0.15) is 11.8 Å². The second-order valence-corrected chi connectivity index (χ2v) is 11.3. The summed E-state index contributed by atoms with van der Waals surface area (Å²) in [7, 11) is 0. The summed E-state index contributed by atoms with van der Waals surface area (Å²) in [4.78, 5) is 25.3. The molecule has 1 heterocycles. The van der Waals surface area contributed by atoms with E-state index in [2.05, 4.69) is 29.5 Å². The Bertz CT molecular complexity index is 744. The molecule has 2 rings (SSSR count). The molecular weight excluding hydrogens is 462 g/mol. The summed E-state index contributed by atoms with van der Waals surface area (Å²) >= 11 is 0. The number of amides is 1. The molecule has 7 heteroatoms. The first-order chi connectivity index (χ1) is 18.1. The molecule has 1 aliphatic rings. The molecule has 0 saturated heterocycles. The van der Waals surface area contributed by atoms with Gasteiger partial charge in [-0.05, 0) is 57.4 Å². The first-order valence-corrected chi connectivity index (χ1v) is 15.5. The fourth-order valence-electron chi connectivity index (χ4n) is 5.48. The third-order valence-corrected chi connectivity index (χ3v) is 8.14. The van der Waals surface area contributed by atoms with Crippen molar-refractivity contribution in [3.05, 3.63) is 11.9 Å². The number of aryl methyl sites for hydroxylation is 1. The number of nitrogens with zero attached hydrogens (tertiary/aromatic N) is 3. The number of hydrogen-bond donors (Lipinski definition) is 2. The lowest BCUT2D eigenvalue weighted by molar-refractivity contribution is -0.126. The van der Waals surface area contributed by atoms with Crippen molar-refractivity contribution in [1.29, 1.82) is 0 Å². The topological polar surface area (TPSA) is 103 Å². The Morgan fingerprint density at radius 2 is 1.62 bits per heavy atom. The number of carbonyl (C=O) groups is 2. The van der Waals surface area contributed by atoms with Crippen LogP contribution >= 0.6 is 0 Å². The maximum atomic E-state index is 13.0. The smallest absolute Gasteiger partial charge is 0.245 e. The summed E-state index contributed by atoms with van der Waals surface area (Å²) in [5.41, 5.74) is 6.52. The monoisotopic (exact) mass is 517 g/mol. The van der Waals surface area contributed by atoms with E-state index in [9.17, 15) is 9.59 Å². The molecule has 0 aliphatic heterocycles. The van der Waals surface area contributed by atoms with Crippen LogP contribution in [-0.2, 0) is 16.0 Å². The molecular formula is C30H55N5O2. The summed E-state index contributed by atoms with van der Waals surface area (Å²) in [6, 6.07) is -0.305. The maximum absolute atomic E-state index is 13.0. The number of hydrogen-bond acceptors (Lipinski definition) is 5. The summed E-state index contributed by atoms with van der Waals surface area (Å²) in [6.07, 6.45) is 23.2. The average molecular weight is 518 g/mol. The third-order valence-electron chi connectivity index (χ3n) is 8.14. The van der Waals surface area contributed by atoms with Crippen molar-refractivity contribution in [3.8, 4) is 0 Å². The molecule has 3 N–H and O–H groups in total. The minimum absolute atomic E-state index is 0.0525. The first-order valence-electron chi connectivity index (χ1n) is 15.5. The summed E-state index contributed by atoms with van der Waals surface area (Å²) in [5, 5.41) is 11.8. The van der Waals surface area contributed by atoms with Gasteiger partial charge in [0.2, 0.25) is 5.91 Å². The van der Waals surface area contributed by atoms with Gasteiger partial charge in [-0.25, -0.2) is 4.68 Å².